The molecule has 9 heteroatoms. The van der Waals surface area contributed by atoms with Gasteiger partial charge in [0.15, 0.2) is 5.17 Å². The summed E-state index contributed by atoms with van der Waals surface area (Å²) in [5.41, 5.74) is 1.96. The molecule has 2 aromatic carbocycles. The van der Waals surface area contributed by atoms with E-state index in [1.165, 1.54) is 22.7 Å². The van der Waals surface area contributed by atoms with Crippen molar-refractivity contribution in [1.82, 2.24) is 10.2 Å². The molecule has 2 amide bonds. The Balaban J connectivity index is 1.36. The van der Waals surface area contributed by atoms with Gasteiger partial charge in [-0.25, -0.2) is 14.3 Å². The van der Waals surface area contributed by atoms with Gasteiger partial charge in [-0.15, -0.1) is 11.3 Å². The van der Waals surface area contributed by atoms with Crippen molar-refractivity contribution < 1.29 is 14.0 Å². The summed E-state index contributed by atoms with van der Waals surface area (Å²) in [6, 6.07) is 17.0. The Labute approximate surface area is 198 Å². The van der Waals surface area contributed by atoms with E-state index in [0.717, 1.165) is 10.4 Å². The van der Waals surface area contributed by atoms with E-state index in [2.05, 4.69) is 15.3 Å². The molecule has 0 spiro atoms. The van der Waals surface area contributed by atoms with Crippen LogP contribution in [0.3, 0.4) is 0 Å². The zero-order valence-electron chi connectivity index (χ0n) is 17.4. The Kier molecular flexibility index (Phi) is 6.06. The van der Waals surface area contributed by atoms with Crippen molar-refractivity contribution in [3.63, 3.8) is 0 Å². The third-order valence-electron chi connectivity index (χ3n) is 5.28. The maximum absolute atomic E-state index is 14.1. The Hall–Kier alpha value is -3.30. The summed E-state index contributed by atoms with van der Waals surface area (Å²) in [5.74, 6) is -0.0415. The molecule has 0 saturated heterocycles. The smallest absolute Gasteiger partial charge is 0.259 e. The van der Waals surface area contributed by atoms with Gasteiger partial charge in [0.05, 0.1) is 18.7 Å². The number of benzene rings is 2. The van der Waals surface area contributed by atoms with Crippen LogP contribution in [-0.2, 0) is 21.9 Å². The van der Waals surface area contributed by atoms with Crippen molar-refractivity contribution in [3.8, 4) is 0 Å². The average molecular weight is 479 g/mol. The van der Waals surface area contributed by atoms with Crippen LogP contribution in [0.4, 0.5) is 10.1 Å². The number of carbonyl (C=O) groups excluding carboxylic acids is 2. The highest BCUT2D eigenvalue weighted by molar-refractivity contribution is 8.13. The lowest BCUT2D eigenvalue weighted by Crippen LogP contribution is -2.42. The van der Waals surface area contributed by atoms with Gasteiger partial charge in [0.1, 0.15) is 17.7 Å². The minimum absolute atomic E-state index is 0.0440. The van der Waals surface area contributed by atoms with Crippen LogP contribution in [0, 0.1) is 5.82 Å². The number of nitrogens with zero attached hydrogens (tertiary/aromatic N) is 3. The van der Waals surface area contributed by atoms with Gasteiger partial charge in [0.25, 0.3) is 5.91 Å². The van der Waals surface area contributed by atoms with Gasteiger partial charge in [-0.3, -0.25) is 14.6 Å². The number of thiophene rings is 1. The standard InChI is InChI=1S/C24H19FN4O2S2/c25-18-9-3-1-6-15(18)14-33-24-28-19-10-4-2-8-17(19)22-27-20(23(31)29(22)24)12-21(30)26-13-16-7-5-11-32-16/h1-11,20H,12-14H2,(H,26,30)/t20-/m0/s1. The summed E-state index contributed by atoms with van der Waals surface area (Å²) in [6.07, 6.45) is -0.0440. The maximum Gasteiger partial charge on any atom is 0.259 e. The molecule has 3 heterocycles. The maximum atomic E-state index is 14.1. The van der Waals surface area contributed by atoms with Crippen LogP contribution in [0.1, 0.15) is 22.4 Å². The molecule has 0 bridgehead atoms. The van der Waals surface area contributed by atoms with Gasteiger partial charge in [-0.1, -0.05) is 48.2 Å². The third-order valence-corrected chi connectivity index (χ3v) is 7.14. The SMILES string of the molecule is O=C(C[C@@H]1N=C2c3ccccc3N=C(SCc3ccccc3F)N2C1=O)NCc1cccs1. The number of para-hydroxylation sites is 1. The van der Waals surface area contributed by atoms with Crippen LogP contribution in [0.25, 0.3) is 0 Å². The predicted octanol–water partition coefficient (Wildman–Crippen LogP) is 4.49. The molecule has 0 aliphatic carbocycles. The molecule has 3 aromatic rings. The summed E-state index contributed by atoms with van der Waals surface area (Å²) in [7, 11) is 0. The zero-order valence-corrected chi connectivity index (χ0v) is 19.0. The highest BCUT2D eigenvalue weighted by Crippen LogP contribution is 2.35. The van der Waals surface area contributed by atoms with Gasteiger partial charge >= 0.3 is 0 Å². The zero-order chi connectivity index (χ0) is 22.8. The number of hydrogen-bond donors (Lipinski definition) is 1. The number of fused-ring (bicyclic) bond motifs is 3. The van der Waals surface area contributed by atoms with Crippen LogP contribution in [-0.4, -0.2) is 33.8 Å². The molecule has 1 N–H and O–H groups in total. The molecule has 1 atom stereocenters. The van der Waals surface area contributed by atoms with Gasteiger partial charge in [-0.05, 0) is 35.2 Å². The molecule has 2 aliphatic rings. The number of nitrogens with one attached hydrogen (secondary N) is 1. The first-order valence-corrected chi connectivity index (χ1v) is 12.2. The normalized spacial score (nSPS) is 16.7. The average Bonchev–Trinajstić information content (AvgIpc) is 3.46. The molecule has 0 radical (unpaired) electrons. The fourth-order valence-corrected chi connectivity index (χ4v) is 5.27. The summed E-state index contributed by atoms with van der Waals surface area (Å²) in [5, 5.41) is 5.23. The van der Waals surface area contributed by atoms with Gasteiger partial charge in [0.2, 0.25) is 5.91 Å². The van der Waals surface area contributed by atoms with Crippen LogP contribution in [0.2, 0.25) is 0 Å². The lowest BCUT2D eigenvalue weighted by atomic mass is 10.1. The van der Waals surface area contributed by atoms with Gasteiger partial charge in [-0.2, -0.15) is 0 Å². The first-order valence-electron chi connectivity index (χ1n) is 10.4. The van der Waals surface area contributed by atoms with E-state index in [-0.39, 0.29) is 24.1 Å². The van der Waals surface area contributed by atoms with Crippen molar-refractivity contribution in [3.05, 3.63) is 87.9 Å². The molecule has 0 saturated carbocycles. The number of halogens is 1. The molecule has 166 valence electrons. The predicted molar refractivity (Wildman–Crippen MR) is 129 cm³/mol. The largest absolute Gasteiger partial charge is 0.351 e. The highest BCUT2D eigenvalue weighted by Gasteiger charge is 2.42. The quantitative estimate of drug-likeness (QED) is 0.568. The second-order valence-electron chi connectivity index (χ2n) is 7.49. The van der Waals surface area contributed by atoms with E-state index in [1.807, 2.05) is 41.8 Å². The minimum Gasteiger partial charge on any atom is -0.351 e. The Morgan fingerprint density at radius 2 is 1.94 bits per heavy atom. The number of rotatable bonds is 6. The number of amides is 2. The summed E-state index contributed by atoms with van der Waals surface area (Å²) in [4.78, 5) is 37.5. The van der Waals surface area contributed by atoms with Crippen LogP contribution in [0.5, 0.6) is 0 Å². The lowest BCUT2D eigenvalue weighted by molar-refractivity contribution is -0.128. The van der Waals surface area contributed by atoms with Crippen LogP contribution < -0.4 is 5.32 Å². The van der Waals surface area contributed by atoms with E-state index in [9.17, 15) is 14.0 Å². The second-order valence-corrected chi connectivity index (χ2v) is 9.47. The van der Waals surface area contributed by atoms with Crippen LogP contribution >= 0.6 is 23.1 Å². The second kappa shape index (κ2) is 9.29. The number of carbonyl (C=O) groups is 2. The number of thioether (sulfide) groups is 1. The fourth-order valence-electron chi connectivity index (χ4n) is 3.64. The highest BCUT2D eigenvalue weighted by atomic mass is 32.2. The van der Waals surface area contributed by atoms with Crippen molar-refractivity contribution in [2.75, 3.05) is 0 Å². The Morgan fingerprint density at radius 1 is 1.12 bits per heavy atom. The summed E-state index contributed by atoms with van der Waals surface area (Å²) < 4.78 is 14.1. The number of amidine groups is 2. The molecular weight excluding hydrogens is 459 g/mol. The van der Waals surface area contributed by atoms with E-state index < -0.39 is 6.04 Å². The summed E-state index contributed by atoms with van der Waals surface area (Å²) >= 11 is 2.83. The Bertz CT molecular complexity index is 1270. The van der Waals surface area contributed by atoms with Crippen molar-refractivity contribution in [2.24, 2.45) is 9.98 Å². The molecule has 33 heavy (non-hydrogen) atoms. The molecule has 1 aromatic heterocycles. The molecule has 2 aliphatic heterocycles. The van der Waals surface area contributed by atoms with Crippen LogP contribution in [0.15, 0.2) is 76.0 Å². The van der Waals surface area contributed by atoms with Crippen molar-refractivity contribution in [1.29, 1.82) is 0 Å². The monoisotopic (exact) mass is 478 g/mol. The van der Waals surface area contributed by atoms with Crippen molar-refractivity contribution >= 4 is 51.6 Å². The van der Waals surface area contributed by atoms with Crippen molar-refractivity contribution in [2.45, 2.75) is 24.8 Å². The first kappa shape index (κ1) is 21.5. The molecular formula is C24H19FN4O2S2. The van der Waals surface area contributed by atoms with E-state index in [1.54, 1.807) is 29.5 Å². The first-order chi connectivity index (χ1) is 16.1. The van der Waals surface area contributed by atoms with Gasteiger partial charge in [0, 0.05) is 16.2 Å². The van der Waals surface area contributed by atoms with E-state index in [4.69, 9.17) is 0 Å². The van der Waals surface area contributed by atoms with Gasteiger partial charge < -0.3 is 5.32 Å². The number of aliphatic imine (C=N–C) groups is 2. The summed E-state index contributed by atoms with van der Waals surface area (Å²) in [6.45, 7) is 0.422. The fraction of sp³-hybridized carbons (Fsp3) is 0.167. The Morgan fingerprint density at radius 3 is 2.76 bits per heavy atom. The molecule has 6 nitrogen and oxygen atoms in total. The molecule has 5 rings (SSSR count). The number of hydrogen-bond acceptors (Lipinski definition) is 6. The third kappa shape index (κ3) is 4.46. The lowest BCUT2D eigenvalue weighted by Gasteiger charge is -2.25. The minimum atomic E-state index is -0.825. The van der Waals surface area contributed by atoms with E-state index >= 15 is 0 Å². The molecule has 0 fully saturated rings. The topological polar surface area (TPSA) is 74.1 Å². The molecule has 0 unspecified atom stereocenters. The van der Waals surface area contributed by atoms with E-state index in [0.29, 0.717) is 34.6 Å².